The summed E-state index contributed by atoms with van der Waals surface area (Å²) in [7, 11) is 1.69. The first-order valence-corrected chi connectivity index (χ1v) is 10.4. The minimum Gasteiger partial charge on any atom is -0.356 e. The van der Waals surface area contributed by atoms with E-state index in [0.717, 1.165) is 25.8 Å². The van der Waals surface area contributed by atoms with Crippen LogP contribution in [0.3, 0.4) is 0 Å². The second-order valence-corrected chi connectivity index (χ2v) is 7.53. The molecular formula is C20H29F3IN7O. The van der Waals surface area contributed by atoms with E-state index < -0.39 is 12.7 Å². The first-order chi connectivity index (χ1) is 14.9. The largest absolute Gasteiger partial charge is 0.401 e. The molecule has 178 valence electrons. The third-order valence-electron chi connectivity index (χ3n) is 5.17. The molecule has 0 amide bonds. The summed E-state index contributed by atoms with van der Waals surface area (Å²) in [5.41, 5.74) is 0.635. The number of guanidine groups is 1. The molecule has 2 aromatic heterocycles. The van der Waals surface area contributed by atoms with Gasteiger partial charge in [0, 0.05) is 32.8 Å². The molecule has 1 saturated heterocycles. The normalized spacial score (nSPS) is 15.9. The van der Waals surface area contributed by atoms with E-state index in [9.17, 15) is 13.2 Å². The average Bonchev–Trinajstić information content (AvgIpc) is 3.22. The minimum atomic E-state index is -4.12. The molecule has 0 saturated carbocycles. The van der Waals surface area contributed by atoms with Crippen LogP contribution in [0.5, 0.6) is 0 Å². The van der Waals surface area contributed by atoms with Gasteiger partial charge in [0.2, 0.25) is 0 Å². The Morgan fingerprint density at radius 1 is 1.22 bits per heavy atom. The van der Waals surface area contributed by atoms with Crippen molar-refractivity contribution in [3.63, 3.8) is 0 Å². The van der Waals surface area contributed by atoms with Gasteiger partial charge in [-0.15, -0.1) is 24.0 Å². The molecule has 8 nitrogen and oxygen atoms in total. The summed E-state index contributed by atoms with van der Waals surface area (Å²) in [5.74, 6) is 2.07. The van der Waals surface area contributed by atoms with Crippen molar-refractivity contribution in [2.45, 2.75) is 31.9 Å². The summed E-state index contributed by atoms with van der Waals surface area (Å²) in [5, 5.41) is 10.4. The number of halogens is 4. The first-order valence-electron chi connectivity index (χ1n) is 10.4. The van der Waals surface area contributed by atoms with Crippen molar-refractivity contribution in [3.05, 3.63) is 30.2 Å². The van der Waals surface area contributed by atoms with Gasteiger partial charge in [0.15, 0.2) is 11.8 Å². The number of aliphatic imine (C=N–C) groups is 1. The summed E-state index contributed by atoms with van der Waals surface area (Å²) in [4.78, 5) is 14.2. The Labute approximate surface area is 202 Å². The molecule has 0 radical (unpaired) electrons. The molecule has 0 unspecified atom stereocenters. The summed E-state index contributed by atoms with van der Waals surface area (Å²) in [6.07, 6.45) is 0.602. The zero-order chi connectivity index (χ0) is 22.1. The molecule has 0 bridgehead atoms. The predicted molar refractivity (Wildman–Crippen MR) is 126 cm³/mol. The molecule has 2 aromatic rings. The van der Waals surface area contributed by atoms with Gasteiger partial charge in [-0.05, 0) is 50.4 Å². The molecule has 1 aliphatic heterocycles. The molecule has 32 heavy (non-hydrogen) atoms. The molecule has 0 atom stereocenters. The lowest BCUT2D eigenvalue weighted by atomic mass is 9.93. The fraction of sp³-hybridized carbons (Fsp3) is 0.600. The number of likely N-dealkylation sites (tertiary alicyclic amines) is 1. The van der Waals surface area contributed by atoms with Gasteiger partial charge in [-0.1, -0.05) is 11.2 Å². The van der Waals surface area contributed by atoms with E-state index in [1.807, 2.05) is 18.2 Å². The topological polar surface area (TPSA) is 91.5 Å². The Hall–Kier alpha value is -1.96. The maximum absolute atomic E-state index is 12.5. The highest BCUT2D eigenvalue weighted by Gasteiger charge is 2.32. The Morgan fingerprint density at radius 3 is 2.62 bits per heavy atom. The van der Waals surface area contributed by atoms with Crippen molar-refractivity contribution >= 4 is 29.9 Å². The zero-order valence-electron chi connectivity index (χ0n) is 17.9. The second-order valence-electron chi connectivity index (χ2n) is 7.53. The second kappa shape index (κ2) is 12.9. The molecule has 12 heteroatoms. The van der Waals surface area contributed by atoms with Crippen LogP contribution in [0, 0.1) is 5.92 Å². The molecule has 3 rings (SSSR count). The highest BCUT2D eigenvalue weighted by atomic mass is 127. The number of hydrogen-bond acceptors (Lipinski definition) is 6. The number of alkyl halides is 3. The van der Waals surface area contributed by atoms with Gasteiger partial charge in [0.1, 0.15) is 5.69 Å². The van der Waals surface area contributed by atoms with Crippen LogP contribution in [-0.2, 0) is 6.42 Å². The van der Waals surface area contributed by atoms with Crippen LogP contribution in [0.2, 0.25) is 0 Å². The maximum Gasteiger partial charge on any atom is 0.401 e. The smallest absolute Gasteiger partial charge is 0.356 e. The summed E-state index contributed by atoms with van der Waals surface area (Å²) in [6.45, 7) is 1.50. The van der Waals surface area contributed by atoms with Gasteiger partial charge >= 0.3 is 6.18 Å². The first kappa shape index (κ1) is 26.3. The monoisotopic (exact) mass is 567 g/mol. The van der Waals surface area contributed by atoms with Crippen LogP contribution in [0.15, 0.2) is 33.9 Å². The molecule has 0 aromatic carbocycles. The number of pyridine rings is 1. The molecule has 1 aliphatic rings. The van der Waals surface area contributed by atoms with Crippen molar-refractivity contribution in [1.82, 2.24) is 30.7 Å². The number of aromatic nitrogens is 3. The quantitative estimate of drug-likeness (QED) is 0.288. The SMILES string of the molecule is CN=C(NCCc1noc(-c2ccccn2)n1)NCCC1CCN(CC(F)(F)F)CC1.I. The van der Waals surface area contributed by atoms with Crippen LogP contribution < -0.4 is 10.6 Å². The number of nitrogens with one attached hydrogen (secondary N) is 2. The van der Waals surface area contributed by atoms with Crippen molar-refractivity contribution in [1.29, 1.82) is 0 Å². The van der Waals surface area contributed by atoms with E-state index in [1.54, 1.807) is 13.2 Å². The Morgan fingerprint density at radius 2 is 1.97 bits per heavy atom. The van der Waals surface area contributed by atoms with Gasteiger partial charge in [-0.3, -0.25) is 14.9 Å². The number of piperidine rings is 1. The van der Waals surface area contributed by atoms with Crippen LogP contribution >= 0.6 is 24.0 Å². The van der Waals surface area contributed by atoms with Gasteiger partial charge in [0.25, 0.3) is 5.89 Å². The highest BCUT2D eigenvalue weighted by molar-refractivity contribution is 14.0. The third-order valence-corrected chi connectivity index (χ3v) is 5.17. The van der Waals surface area contributed by atoms with E-state index in [4.69, 9.17) is 4.52 Å². The summed E-state index contributed by atoms with van der Waals surface area (Å²) < 4.78 is 42.6. The molecule has 1 fully saturated rings. The van der Waals surface area contributed by atoms with E-state index >= 15 is 0 Å². The number of nitrogens with zero attached hydrogens (tertiary/aromatic N) is 5. The Bertz CT molecular complexity index is 824. The molecule has 0 aliphatic carbocycles. The standard InChI is InChI=1S/C20H28F3N7O.HI/c1-24-19(26-10-5-15-7-12-30(13-8-15)14-20(21,22)23)27-11-6-17-28-18(31-29-17)16-4-2-3-9-25-16;/h2-4,9,15H,5-8,10-14H2,1H3,(H2,24,26,27);1H. The average molecular weight is 567 g/mol. The van der Waals surface area contributed by atoms with E-state index in [-0.39, 0.29) is 24.0 Å². The van der Waals surface area contributed by atoms with Gasteiger partial charge in [0.05, 0.1) is 6.54 Å². The minimum absolute atomic E-state index is 0. The molecular weight excluding hydrogens is 538 g/mol. The molecule has 2 N–H and O–H groups in total. The summed E-state index contributed by atoms with van der Waals surface area (Å²) in [6, 6.07) is 5.48. The lowest BCUT2D eigenvalue weighted by Crippen LogP contribution is -2.42. The lowest BCUT2D eigenvalue weighted by molar-refractivity contribution is -0.148. The molecule has 0 spiro atoms. The Balaban J connectivity index is 0.00000363. The summed E-state index contributed by atoms with van der Waals surface area (Å²) >= 11 is 0. The lowest BCUT2D eigenvalue weighted by Gasteiger charge is -2.32. The van der Waals surface area contributed by atoms with Gasteiger partial charge < -0.3 is 15.2 Å². The van der Waals surface area contributed by atoms with Crippen molar-refractivity contribution in [3.8, 4) is 11.6 Å². The van der Waals surface area contributed by atoms with Crippen molar-refractivity contribution in [2.75, 3.05) is 39.8 Å². The van der Waals surface area contributed by atoms with Crippen molar-refractivity contribution < 1.29 is 17.7 Å². The van der Waals surface area contributed by atoms with Crippen LogP contribution in [0.1, 0.15) is 25.1 Å². The predicted octanol–water partition coefficient (Wildman–Crippen LogP) is 3.12. The maximum atomic E-state index is 12.5. The number of hydrogen-bond donors (Lipinski definition) is 2. The van der Waals surface area contributed by atoms with Gasteiger partial charge in [-0.2, -0.15) is 18.2 Å². The number of rotatable bonds is 8. The third kappa shape index (κ3) is 8.88. The van der Waals surface area contributed by atoms with Crippen LogP contribution in [-0.4, -0.2) is 71.9 Å². The van der Waals surface area contributed by atoms with Crippen molar-refractivity contribution in [2.24, 2.45) is 10.9 Å². The van der Waals surface area contributed by atoms with Crippen LogP contribution in [0.25, 0.3) is 11.6 Å². The van der Waals surface area contributed by atoms with E-state index in [2.05, 4.69) is 30.8 Å². The highest BCUT2D eigenvalue weighted by Crippen LogP contribution is 2.24. The Kier molecular flexibility index (Phi) is 10.6. The molecule has 3 heterocycles. The fourth-order valence-corrected chi connectivity index (χ4v) is 3.54. The van der Waals surface area contributed by atoms with E-state index in [0.29, 0.717) is 55.3 Å². The van der Waals surface area contributed by atoms with Crippen LogP contribution in [0.4, 0.5) is 13.2 Å². The fourth-order valence-electron chi connectivity index (χ4n) is 3.54. The van der Waals surface area contributed by atoms with E-state index in [1.165, 1.54) is 4.90 Å². The van der Waals surface area contributed by atoms with Gasteiger partial charge in [-0.25, -0.2) is 0 Å². The zero-order valence-corrected chi connectivity index (χ0v) is 20.3.